The van der Waals surface area contributed by atoms with Crippen LogP contribution in [0.25, 0.3) is 0 Å². The first-order valence-corrected chi connectivity index (χ1v) is 7.92. The summed E-state index contributed by atoms with van der Waals surface area (Å²) in [6.45, 7) is 8.75. The number of hydrogen-bond donors (Lipinski definition) is 1. The van der Waals surface area contributed by atoms with Crippen molar-refractivity contribution < 1.29 is 9.53 Å². The van der Waals surface area contributed by atoms with E-state index in [0.29, 0.717) is 13.2 Å². The largest absolute Gasteiger partial charge is 0.368 e. The fraction of sp³-hybridized carbons (Fsp3) is 0.588. The maximum absolute atomic E-state index is 11.9. The van der Waals surface area contributed by atoms with Gasteiger partial charge in [-0.2, -0.15) is 0 Å². The van der Waals surface area contributed by atoms with Gasteiger partial charge in [0.1, 0.15) is 6.10 Å². The maximum atomic E-state index is 11.9. The molecule has 0 spiro atoms. The number of carbonyl (C=O) groups excluding carboxylic acids is 1. The first-order chi connectivity index (χ1) is 10.2. The second-order valence-electron chi connectivity index (χ2n) is 5.50. The lowest BCUT2D eigenvalue weighted by Gasteiger charge is -2.18. The quantitative estimate of drug-likeness (QED) is 0.838. The van der Waals surface area contributed by atoms with Crippen molar-refractivity contribution in [2.24, 2.45) is 0 Å². The third-order valence-electron chi connectivity index (χ3n) is 4.01. The number of benzene rings is 1. The number of ether oxygens (including phenoxy) is 1. The summed E-state index contributed by atoms with van der Waals surface area (Å²) in [6.07, 6.45) is 1.58. The van der Waals surface area contributed by atoms with Gasteiger partial charge in [0.05, 0.1) is 0 Å². The number of carbonyl (C=O) groups is 1. The standard InChI is InChI=1S/C17H26N2O2/c1-3-19(4-2)13-15-9-7-14(8-10-15)12-18-17(20)16-6-5-11-21-16/h7-10,16H,3-6,11-13H2,1-2H3,(H,18,20). The van der Waals surface area contributed by atoms with Crippen LogP contribution in [-0.2, 0) is 22.6 Å². The van der Waals surface area contributed by atoms with Gasteiger partial charge < -0.3 is 10.1 Å². The van der Waals surface area contributed by atoms with Gasteiger partial charge in [-0.1, -0.05) is 38.1 Å². The summed E-state index contributed by atoms with van der Waals surface area (Å²) in [5.74, 6) is 0.0136. The molecular formula is C17H26N2O2. The topological polar surface area (TPSA) is 41.6 Å². The van der Waals surface area contributed by atoms with E-state index in [4.69, 9.17) is 4.74 Å². The Hall–Kier alpha value is -1.39. The van der Waals surface area contributed by atoms with Crippen LogP contribution in [0.2, 0.25) is 0 Å². The van der Waals surface area contributed by atoms with Gasteiger partial charge in [-0.25, -0.2) is 0 Å². The van der Waals surface area contributed by atoms with Crippen molar-refractivity contribution in [1.29, 1.82) is 0 Å². The van der Waals surface area contributed by atoms with Crippen molar-refractivity contribution >= 4 is 5.91 Å². The summed E-state index contributed by atoms with van der Waals surface area (Å²) in [6, 6.07) is 8.47. The van der Waals surface area contributed by atoms with Gasteiger partial charge in [0.15, 0.2) is 0 Å². The van der Waals surface area contributed by atoms with Crippen molar-refractivity contribution in [3.63, 3.8) is 0 Å². The predicted molar refractivity (Wildman–Crippen MR) is 83.9 cm³/mol. The highest BCUT2D eigenvalue weighted by molar-refractivity contribution is 5.80. The van der Waals surface area contributed by atoms with Gasteiger partial charge in [0.25, 0.3) is 0 Å². The molecule has 4 nitrogen and oxygen atoms in total. The first kappa shape index (κ1) is 16.0. The monoisotopic (exact) mass is 290 g/mol. The average Bonchev–Trinajstić information content (AvgIpc) is 3.06. The third-order valence-corrected chi connectivity index (χ3v) is 4.01. The lowest BCUT2D eigenvalue weighted by molar-refractivity contribution is -0.130. The molecule has 1 aliphatic rings. The summed E-state index contributed by atoms with van der Waals surface area (Å²) < 4.78 is 5.37. The highest BCUT2D eigenvalue weighted by atomic mass is 16.5. The zero-order chi connectivity index (χ0) is 15.1. The Morgan fingerprint density at radius 3 is 2.48 bits per heavy atom. The minimum absolute atomic E-state index is 0.0136. The molecule has 1 aliphatic heterocycles. The molecule has 1 saturated heterocycles. The van der Waals surface area contributed by atoms with Crippen molar-refractivity contribution in [1.82, 2.24) is 10.2 Å². The van der Waals surface area contributed by atoms with Gasteiger partial charge in [-0.05, 0) is 37.1 Å². The molecule has 116 valence electrons. The molecule has 1 fully saturated rings. The summed E-state index contributed by atoms with van der Waals surface area (Å²) in [4.78, 5) is 14.2. The van der Waals surface area contributed by atoms with E-state index in [-0.39, 0.29) is 12.0 Å². The van der Waals surface area contributed by atoms with Crippen molar-refractivity contribution in [3.05, 3.63) is 35.4 Å². The van der Waals surface area contributed by atoms with Crippen LogP contribution in [0.4, 0.5) is 0 Å². The third kappa shape index (κ3) is 4.83. The Morgan fingerprint density at radius 1 is 1.24 bits per heavy atom. The molecule has 0 aliphatic carbocycles. The van der Waals surface area contributed by atoms with Crippen LogP contribution in [0, 0.1) is 0 Å². The van der Waals surface area contributed by atoms with E-state index in [2.05, 4.69) is 48.3 Å². The molecule has 21 heavy (non-hydrogen) atoms. The first-order valence-electron chi connectivity index (χ1n) is 7.92. The number of hydrogen-bond acceptors (Lipinski definition) is 3. The summed E-state index contributed by atoms with van der Waals surface area (Å²) in [5.41, 5.74) is 2.44. The molecular weight excluding hydrogens is 264 g/mol. The molecule has 2 rings (SSSR count). The predicted octanol–water partition coefficient (Wildman–Crippen LogP) is 2.32. The molecule has 1 N–H and O–H groups in total. The Balaban J connectivity index is 1.80. The van der Waals surface area contributed by atoms with E-state index in [9.17, 15) is 4.79 Å². The van der Waals surface area contributed by atoms with E-state index in [1.807, 2.05) is 0 Å². The van der Waals surface area contributed by atoms with Gasteiger partial charge >= 0.3 is 0 Å². The molecule has 1 heterocycles. The zero-order valence-corrected chi connectivity index (χ0v) is 13.1. The van der Waals surface area contributed by atoms with Crippen LogP contribution in [0.15, 0.2) is 24.3 Å². The van der Waals surface area contributed by atoms with Gasteiger partial charge in [0.2, 0.25) is 5.91 Å². The van der Waals surface area contributed by atoms with E-state index in [0.717, 1.165) is 38.0 Å². The normalized spacial score (nSPS) is 18.1. The Labute approximate surface area is 127 Å². The van der Waals surface area contributed by atoms with Crippen LogP contribution < -0.4 is 5.32 Å². The van der Waals surface area contributed by atoms with Crippen LogP contribution >= 0.6 is 0 Å². The number of nitrogens with zero attached hydrogens (tertiary/aromatic N) is 1. The lowest BCUT2D eigenvalue weighted by Crippen LogP contribution is -2.33. The van der Waals surface area contributed by atoms with Crippen molar-refractivity contribution in [2.75, 3.05) is 19.7 Å². The molecule has 1 amide bonds. The van der Waals surface area contributed by atoms with Gasteiger partial charge in [0, 0.05) is 19.7 Å². The Kier molecular flexibility index (Phi) is 6.21. The molecule has 0 aromatic heterocycles. The van der Waals surface area contributed by atoms with E-state index >= 15 is 0 Å². The molecule has 1 aromatic rings. The van der Waals surface area contributed by atoms with Crippen LogP contribution in [0.1, 0.15) is 37.8 Å². The van der Waals surface area contributed by atoms with Crippen molar-refractivity contribution in [2.45, 2.75) is 45.9 Å². The second-order valence-corrected chi connectivity index (χ2v) is 5.50. The Bertz CT molecular complexity index is 435. The minimum Gasteiger partial charge on any atom is -0.368 e. The van der Waals surface area contributed by atoms with Crippen LogP contribution in [0.5, 0.6) is 0 Å². The van der Waals surface area contributed by atoms with Crippen LogP contribution in [-0.4, -0.2) is 36.6 Å². The lowest BCUT2D eigenvalue weighted by atomic mass is 10.1. The summed E-state index contributed by atoms with van der Waals surface area (Å²) >= 11 is 0. The molecule has 0 radical (unpaired) electrons. The van der Waals surface area contributed by atoms with Gasteiger partial charge in [-0.3, -0.25) is 9.69 Å². The van der Waals surface area contributed by atoms with Gasteiger partial charge in [-0.15, -0.1) is 0 Å². The summed E-state index contributed by atoms with van der Waals surface area (Å²) in [5, 5.41) is 2.95. The molecule has 0 bridgehead atoms. The van der Waals surface area contributed by atoms with E-state index < -0.39 is 0 Å². The molecule has 0 saturated carbocycles. The number of amides is 1. The molecule has 1 aromatic carbocycles. The highest BCUT2D eigenvalue weighted by Gasteiger charge is 2.22. The SMILES string of the molecule is CCN(CC)Cc1ccc(CNC(=O)C2CCCO2)cc1. The molecule has 1 unspecified atom stereocenters. The summed E-state index contributed by atoms with van der Waals surface area (Å²) in [7, 11) is 0. The maximum Gasteiger partial charge on any atom is 0.249 e. The van der Waals surface area contributed by atoms with Crippen LogP contribution in [0.3, 0.4) is 0 Å². The Morgan fingerprint density at radius 2 is 1.90 bits per heavy atom. The highest BCUT2D eigenvalue weighted by Crippen LogP contribution is 2.12. The van der Waals surface area contributed by atoms with E-state index in [1.165, 1.54) is 5.56 Å². The molecule has 4 heteroatoms. The number of nitrogens with one attached hydrogen (secondary N) is 1. The molecule has 1 atom stereocenters. The fourth-order valence-corrected chi connectivity index (χ4v) is 2.56. The smallest absolute Gasteiger partial charge is 0.249 e. The van der Waals surface area contributed by atoms with E-state index in [1.54, 1.807) is 0 Å². The second kappa shape index (κ2) is 8.15. The fourth-order valence-electron chi connectivity index (χ4n) is 2.56. The number of rotatable bonds is 7. The zero-order valence-electron chi connectivity index (χ0n) is 13.1. The average molecular weight is 290 g/mol. The minimum atomic E-state index is -0.244. The van der Waals surface area contributed by atoms with Crippen molar-refractivity contribution in [3.8, 4) is 0 Å².